The van der Waals surface area contributed by atoms with Crippen LogP contribution in [0.15, 0.2) is 35.2 Å². The monoisotopic (exact) mass is 237 g/mol. The number of anilines is 1. The van der Waals surface area contributed by atoms with Crippen LogP contribution in [-0.2, 0) is 10.1 Å². The van der Waals surface area contributed by atoms with E-state index in [1.807, 2.05) is 6.92 Å². The van der Waals surface area contributed by atoms with Gasteiger partial charge in [0.15, 0.2) is 0 Å². The predicted molar refractivity (Wildman–Crippen MR) is 62.9 cm³/mol. The lowest BCUT2D eigenvalue weighted by atomic mass is 10.0. The predicted octanol–water partition coefficient (Wildman–Crippen LogP) is 1.98. The molecule has 16 heavy (non-hydrogen) atoms. The fourth-order valence-electron chi connectivity index (χ4n) is 1.76. The van der Waals surface area contributed by atoms with E-state index in [1.54, 1.807) is 24.3 Å². The molecule has 3 N–H and O–H groups in total. The molecule has 0 radical (unpaired) electrons. The molecule has 0 bridgehead atoms. The number of rotatable bonds is 1. The van der Waals surface area contributed by atoms with Crippen molar-refractivity contribution < 1.29 is 13.0 Å². The van der Waals surface area contributed by atoms with Gasteiger partial charge >= 0.3 is 0 Å². The van der Waals surface area contributed by atoms with Crippen LogP contribution in [-0.4, -0.2) is 13.0 Å². The minimum atomic E-state index is -4.25. The van der Waals surface area contributed by atoms with Gasteiger partial charge in [0, 0.05) is 11.1 Å². The number of nitrogen functional groups attached to an aromatic ring is 1. The van der Waals surface area contributed by atoms with E-state index in [4.69, 9.17) is 10.3 Å². The molecular formula is C11H11NO3S. The van der Waals surface area contributed by atoms with Gasteiger partial charge in [-0.15, -0.1) is 0 Å². The van der Waals surface area contributed by atoms with Gasteiger partial charge < -0.3 is 5.73 Å². The number of aryl methyl sites for hydroxylation is 1. The summed E-state index contributed by atoms with van der Waals surface area (Å²) in [7, 11) is -4.25. The van der Waals surface area contributed by atoms with Crippen molar-refractivity contribution in [3.8, 4) is 0 Å². The Balaban J connectivity index is 3.04. The Morgan fingerprint density at radius 3 is 2.50 bits per heavy atom. The fraction of sp³-hybridized carbons (Fsp3) is 0.0909. The van der Waals surface area contributed by atoms with E-state index in [0.29, 0.717) is 11.1 Å². The summed E-state index contributed by atoms with van der Waals surface area (Å²) in [5.41, 5.74) is 7.00. The first-order valence-electron chi connectivity index (χ1n) is 4.66. The van der Waals surface area contributed by atoms with E-state index in [9.17, 15) is 8.42 Å². The Morgan fingerprint density at radius 2 is 1.88 bits per heavy atom. The number of nitrogens with two attached hydrogens (primary N) is 1. The first-order chi connectivity index (χ1) is 7.41. The largest absolute Gasteiger partial charge is 0.398 e. The van der Waals surface area contributed by atoms with Crippen LogP contribution in [0.25, 0.3) is 10.8 Å². The average Bonchev–Trinajstić information content (AvgIpc) is 2.18. The SMILES string of the molecule is Cc1ccc(S(=O)(=O)O)c2c(N)cccc12. The topological polar surface area (TPSA) is 80.4 Å². The summed E-state index contributed by atoms with van der Waals surface area (Å²) in [5, 5.41) is 1.11. The Bertz CT molecular complexity index is 662. The van der Waals surface area contributed by atoms with Crippen LogP contribution < -0.4 is 5.73 Å². The van der Waals surface area contributed by atoms with Gasteiger partial charge in [0.05, 0.1) is 0 Å². The molecule has 2 aromatic carbocycles. The lowest BCUT2D eigenvalue weighted by Gasteiger charge is -2.08. The van der Waals surface area contributed by atoms with Crippen molar-refractivity contribution in [2.24, 2.45) is 0 Å². The summed E-state index contributed by atoms with van der Waals surface area (Å²) < 4.78 is 31.5. The maximum atomic E-state index is 11.2. The molecule has 0 heterocycles. The number of fused-ring (bicyclic) bond motifs is 1. The van der Waals surface area contributed by atoms with Crippen molar-refractivity contribution in [3.05, 3.63) is 35.9 Å². The van der Waals surface area contributed by atoms with E-state index < -0.39 is 10.1 Å². The summed E-state index contributed by atoms with van der Waals surface area (Å²) in [6, 6.07) is 8.14. The molecule has 0 unspecified atom stereocenters. The standard InChI is InChI=1S/C11H11NO3S/c1-7-5-6-10(16(13,14)15)11-8(7)3-2-4-9(11)12/h2-6H,12H2,1H3,(H,13,14,15). The first-order valence-corrected chi connectivity index (χ1v) is 6.10. The molecule has 0 spiro atoms. The van der Waals surface area contributed by atoms with Crippen molar-refractivity contribution in [1.82, 2.24) is 0 Å². The van der Waals surface area contributed by atoms with Gasteiger partial charge in [-0.05, 0) is 30.0 Å². The van der Waals surface area contributed by atoms with Crippen LogP contribution in [0, 0.1) is 6.92 Å². The van der Waals surface area contributed by atoms with Gasteiger partial charge in [0.25, 0.3) is 10.1 Å². The van der Waals surface area contributed by atoms with Crippen molar-refractivity contribution in [2.75, 3.05) is 5.73 Å². The number of hydrogen-bond acceptors (Lipinski definition) is 3. The quantitative estimate of drug-likeness (QED) is 0.587. The van der Waals surface area contributed by atoms with Crippen LogP contribution in [0.5, 0.6) is 0 Å². The molecule has 84 valence electrons. The summed E-state index contributed by atoms with van der Waals surface area (Å²) >= 11 is 0. The van der Waals surface area contributed by atoms with Gasteiger partial charge in [0.2, 0.25) is 0 Å². The summed E-state index contributed by atoms with van der Waals surface area (Å²) in [6.07, 6.45) is 0. The van der Waals surface area contributed by atoms with E-state index in [-0.39, 0.29) is 4.90 Å². The van der Waals surface area contributed by atoms with E-state index in [2.05, 4.69) is 0 Å². The third kappa shape index (κ3) is 1.64. The second-order valence-electron chi connectivity index (χ2n) is 3.63. The van der Waals surface area contributed by atoms with Crippen LogP contribution in [0.4, 0.5) is 5.69 Å². The Hall–Kier alpha value is -1.59. The molecular weight excluding hydrogens is 226 g/mol. The molecule has 2 rings (SSSR count). The molecule has 5 heteroatoms. The fourth-order valence-corrected chi connectivity index (χ4v) is 2.49. The Labute approximate surface area is 93.4 Å². The third-order valence-corrected chi connectivity index (χ3v) is 3.43. The van der Waals surface area contributed by atoms with Gasteiger partial charge in [-0.1, -0.05) is 18.2 Å². The summed E-state index contributed by atoms with van der Waals surface area (Å²) in [4.78, 5) is -0.147. The molecule has 0 fully saturated rings. The van der Waals surface area contributed by atoms with Gasteiger partial charge in [0.1, 0.15) is 4.90 Å². The van der Waals surface area contributed by atoms with Crippen LogP contribution >= 0.6 is 0 Å². The lowest BCUT2D eigenvalue weighted by Crippen LogP contribution is -2.01. The summed E-state index contributed by atoms with van der Waals surface area (Å²) in [5.74, 6) is 0. The average molecular weight is 237 g/mol. The molecule has 2 aromatic rings. The molecule has 0 saturated heterocycles. The molecule has 0 aliphatic rings. The maximum absolute atomic E-state index is 11.2. The highest BCUT2D eigenvalue weighted by Gasteiger charge is 2.16. The van der Waals surface area contributed by atoms with E-state index in [0.717, 1.165) is 10.9 Å². The van der Waals surface area contributed by atoms with Gasteiger partial charge in [-0.3, -0.25) is 4.55 Å². The van der Waals surface area contributed by atoms with Crippen LogP contribution in [0.2, 0.25) is 0 Å². The molecule has 0 amide bonds. The minimum Gasteiger partial charge on any atom is -0.398 e. The van der Waals surface area contributed by atoms with E-state index >= 15 is 0 Å². The van der Waals surface area contributed by atoms with Crippen LogP contribution in [0.3, 0.4) is 0 Å². The Kier molecular flexibility index (Phi) is 2.36. The van der Waals surface area contributed by atoms with Gasteiger partial charge in [-0.2, -0.15) is 8.42 Å². The Morgan fingerprint density at radius 1 is 1.19 bits per heavy atom. The maximum Gasteiger partial charge on any atom is 0.295 e. The third-order valence-electron chi connectivity index (χ3n) is 2.53. The molecule has 0 aromatic heterocycles. The van der Waals surface area contributed by atoms with Crippen molar-refractivity contribution in [2.45, 2.75) is 11.8 Å². The number of benzene rings is 2. The molecule has 0 atom stereocenters. The second kappa shape index (κ2) is 3.47. The highest BCUT2D eigenvalue weighted by atomic mass is 32.2. The highest BCUT2D eigenvalue weighted by Crippen LogP contribution is 2.30. The van der Waals surface area contributed by atoms with Crippen molar-refractivity contribution >= 4 is 26.6 Å². The number of hydrogen-bond donors (Lipinski definition) is 2. The second-order valence-corrected chi connectivity index (χ2v) is 5.02. The molecule has 0 aliphatic carbocycles. The van der Waals surface area contributed by atoms with Crippen LogP contribution in [0.1, 0.15) is 5.56 Å². The van der Waals surface area contributed by atoms with E-state index in [1.165, 1.54) is 6.07 Å². The van der Waals surface area contributed by atoms with Crippen molar-refractivity contribution in [3.63, 3.8) is 0 Å². The molecule has 0 aliphatic heterocycles. The zero-order valence-corrected chi connectivity index (χ0v) is 9.45. The molecule has 4 nitrogen and oxygen atoms in total. The smallest absolute Gasteiger partial charge is 0.295 e. The lowest BCUT2D eigenvalue weighted by molar-refractivity contribution is 0.484. The van der Waals surface area contributed by atoms with Crippen molar-refractivity contribution in [1.29, 1.82) is 0 Å². The first kappa shape index (κ1) is 10.9. The molecule has 0 saturated carbocycles. The zero-order chi connectivity index (χ0) is 11.9. The zero-order valence-electron chi connectivity index (χ0n) is 8.64. The highest BCUT2D eigenvalue weighted by molar-refractivity contribution is 7.86. The minimum absolute atomic E-state index is 0.147. The van der Waals surface area contributed by atoms with Gasteiger partial charge in [-0.25, -0.2) is 0 Å². The normalized spacial score (nSPS) is 11.9. The summed E-state index contributed by atoms with van der Waals surface area (Å²) in [6.45, 7) is 1.86.